The second kappa shape index (κ2) is 8.32. The Balaban J connectivity index is 1.70. The van der Waals surface area contributed by atoms with Crippen molar-refractivity contribution in [3.05, 3.63) is 58.9 Å². The molecule has 9 heteroatoms. The van der Waals surface area contributed by atoms with E-state index in [1.165, 1.54) is 12.1 Å². The second-order valence-electron chi connectivity index (χ2n) is 7.62. The zero-order valence-electron chi connectivity index (χ0n) is 16.9. The van der Waals surface area contributed by atoms with Gasteiger partial charge in [-0.3, -0.25) is 4.72 Å². The van der Waals surface area contributed by atoms with E-state index in [4.69, 9.17) is 4.74 Å². The molecule has 0 aromatic heterocycles. The van der Waals surface area contributed by atoms with Gasteiger partial charge in [-0.05, 0) is 54.3 Å². The molecule has 164 valence electrons. The van der Waals surface area contributed by atoms with Gasteiger partial charge in [-0.2, -0.15) is 0 Å². The zero-order chi connectivity index (χ0) is 22.2. The van der Waals surface area contributed by atoms with Crippen molar-refractivity contribution in [3.63, 3.8) is 0 Å². The number of anilines is 1. The van der Waals surface area contributed by atoms with E-state index >= 15 is 0 Å². The number of hydrogen-bond donors (Lipinski definition) is 3. The average molecular weight is 447 g/mol. The predicted molar refractivity (Wildman–Crippen MR) is 115 cm³/mol. The van der Waals surface area contributed by atoms with E-state index in [9.17, 15) is 22.7 Å². The van der Waals surface area contributed by atoms with Crippen molar-refractivity contribution in [1.29, 1.82) is 0 Å². The highest BCUT2D eigenvalue weighted by Gasteiger charge is 2.45. The van der Waals surface area contributed by atoms with Crippen LogP contribution in [0.4, 0.5) is 10.1 Å². The SMILES string of the molecule is CCNC/C=C\c1cc(F)ccc1S(=O)(=O)Nc1ccc2c(c1C(=O)O)OC[C@H]1C[C@@H]21. The normalized spacial score (nSPS) is 19.4. The van der Waals surface area contributed by atoms with Gasteiger partial charge >= 0.3 is 5.97 Å². The fraction of sp³-hybridized carbons (Fsp3) is 0.318. The Morgan fingerprint density at radius 1 is 1.32 bits per heavy atom. The van der Waals surface area contributed by atoms with Gasteiger partial charge in [0.1, 0.15) is 17.1 Å². The third kappa shape index (κ3) is 4.28. The molecule has 4 rings (SSSR count). The summed E-state index contributed by atoms with van der Waals surface area (Å²) in [6.45, 7) is 3.59. The van der Waals surface area contributed by atoms with Crippen molar-refractivity contribution in [2.75, 3.05) is 24.4 Å². The van der Waals surface area contributed by atoms with Gasteiger partial charge in [0.15, 0.2) is 0 Å². The zero-order valence-corrected chi connectivity index (χ0v) is 17.7. The van der Waals surface area contributed by atoms with E-state index in [2.05, 4.69) is 10.0 Å². The van der Waals surface area contributed by atoms with Gasteiger partial charge in [0.05, 0.1) is 17.2 Å². The Morgan fingerprint density at radius 2 is 2.13 bits per heavy atom. The Labute approximate surface area is 180 Å². The van der Waals surface area contributed by atoms with Gasteiger partial charge in [0.2, 0.25) is 0 Å². The number of sulfonamides is 1. The van der Waals surface area contributed by atoms with Crippen molar-refractivity contribution in [3.8, 4) is 5.75 Å². The van der Waals surface area contributed by atoms with E-state index in [0.717, 1.165) is 36.7 Å². The van der Waals surface area contributed by atoms with Crippen molar-refractivity contribution < 1.29 is 27.4 Å². The van der Waals surface area contributed by atoms with Gasteiger partial charge in [-0.15, -0.1) is 0 Å². The van der Waals surface area contributed by atoms with Gasteiger partial charge in [0.25, 0.3) is 10.0 Å². The number of carbonyl (C=O) groups is 1. The number of nitrogens with one attached hydrogen (secondary N) is 2. The van der Waals surface area contributed by atoms with Crippen LogP contribution in [0.1, 0.15) is 40.7 Å². The van der Waals surface area contributed by atoms with Crippen LogP contribution in [-0.4, -0.2) is 39.2 Å². The van der Waals surface area contributed by atoms with E-state index in [0.29, 0.717) is 19.1 Å². The summed E-state index contributed by atoms with van der Waals surface area (Å²) in [6.07, 6.45) is 4.15. The van der Waals surface area contributed by atoms with Crippen LogP contribution in [0.2, 0.25) is 0 Å². The summed E-state index contributed by atoms with van der Waals surface area (Å²) < 4.78 is 48.0. The molecular weight excluding hydrogens is 423 g/mol. The average Bonchev–Trinajstić information content (AvgIpc) is 3.50. The van der Waals surface area contributed by atoms with Crippen molar-refractivity contribution in [2.45, 2.75) is 24.2 Å². The maximum Gasteiger partial charge on any atom is 0.341 e. The van der Waals surface area contributed by atoms with Crippen LogP contribution < -0.4 is 14.8 Å². The number of likely N-dealkylation sites (N-methyl/N-ethyl adjacent to an activating group) is 1. The molecule has 0 amide bonds. The van der Waals surface area contributed by atoms with E-state index in [1.54, 1.807) is 12.1 Å². The first kappa shape index (κ1) is 21.3. The monoisotopic (exact) mass is 446 g/mol. The Morgan fingerprint density at radius 3 is 2.87 bits per heavy atom. The molecule has 1 saturated carbocycles. The largest absolute Gasteiger partial charge is 0.492 e. The molecule has 7 nitrogen and oxygen atoms in total. The maximum absolute atomic E-state index is 13.8. The Hall–Kier alpha value is -2.91. The van der Waals surface area contributed by atoms with Crippen LogP contribution >= 0.6 is 0 Å². The minimum absolute atomic E-state index is 0.0859. The summed E-state index contributed by atoms with van der Waals surface area (Å²) in [5.41, 5.74) is 0.665. The van der Waals surface area contributed by atoms with Crippen LogP contribution in [0.15, 0.2) is 41.3 Å². The highest BCUT2D eigenvalue weighted by molar-refractivity contribution is 7.92. The summed E-state index contributed by atoms with van der Waals surface area (Å²) >= 11 is 0. The fourth-order valence-electron chi connectivity index (χ4n) is 3.85. The first-order valence-corrected chi connectivity index (χ1v) is 11.5. The van der Waals surface area contributed by atoms with E-state index in [-0.39, 0.29) is 33.4 Å². The summed E-state index contributed by atoms with van der Waals surface area (Å²) in [4.78, 5) is 11.8. The lowest BCUT2D eigenvalue weighted by Gasteiger charge is -2.21. The molecule has 1 heterocycles. The summed E-state index contributed by atoms with van der Waals surface area (Å²) in [6, 6.07) is 6.50. The number of fused-ring (bicyclic) bond motifs is 3. The molecule has 1 fully saturated rings. The second-order valence-corrected chi connectivity index (χ2v) is 9.27. The van der Waals surface area contributed by atoms with Crippen molar-refractivity contribution >= 4 is 27.8 Å². The molecular formula is C22H23FN2O5S. The van der Waals surface area contributed by atoms with Gasteiger partial charge < -0.3 is 15.2 Å². The highest BCUT2D eigenvalue weighted by atomic mass is 32.2. The standard InChI is InChI=1S/C22H23FN2O5S/c1-2-24-9-3-4-13-10-15(23)5-8-19(13)31(28,29)25-18-7-6-16-17-11-14(17)12-30-21(16)20(18)22(26)27/h3-8,10,14,17,24-25H,2,9,11-12H2,1H3,(H,26,27)/b4-3-/t14-,17-/m1/s1. The van der Waals surface area contributed by atoms with Crippen LogP contribution in [0, 0.1) is 11.7 Å². The number of halogens is 1. The molecule has 0 saturated heterocycles. The molecule has 2 atom stereocenters. The van der Waals surface area contributed by atoms with Crippen LogP contribution in [0.25, 0.3) is 6.08 Å². The number of carboxylic acid groups (broad SMARTS) is 1. The van der Waals surface area contributed by atoms with Gasteiger partial charge in [0, 0.05) is 12.5 Å². The lowest BCUT2D eigenvalue weighted by Crippen LogP contribution is -2.19. The minimum atomic E-state index is -4.20. The first-order chi connectivity index (χ1) is 14.8. The molecule has 31 heavy (non-hydrogen) atoms. The van der Waals surface area contributed by atoms with Crippen molar-refractivity contribution in [2.24, 2.45) is 5.92 Å². The maximum atomic E-state index is 13.8. The number of hydrogen-bond acceptors (Lipinski definition) is 5. The fourth-order valence-corrected chi connectivity index (χ4v) is 5.11. The van der Waals surface area contributed by atoms with Crippen LogP contribution in [0.3, 0.4) is 0 Å². The van der Waals surface area contributed by atoms with Crippen molar-refractivity contribution in [1.82, 2.24) is 5.32 Å². The van der Waals surface area contributed by atoms with E-state index < -0.39 is 21.8 Å². The lowest BCUT2D eigenvalue weighted by molar-refractivity contribution is 0.0692. The number of aromatic carboxylic acids is 1. The molecule has 0 spiro atoms. The highest BCUT2D eigenvalue weighted by Crippen LogP contribution is 2.55. The van der Waals surface area contributed by atoms with Gasteiger partial charge in [-0.25, -0.2) is 17.6 Å². The molecule has 0 radical (unpaired) electrons. The summed E-state index contributed by atoms with van der Waals surface area (Å²) in [5, 5.41) is 12.8. The third-order valence-electron chi connectivity index (χ3n) is 5.48. The topological polar surface area (TPSA) is 105 Å². The predicted octanol–water partition coefficient (Wildman–Crippen LogP) is 3.44. The molecule has 2 aromatic rings. The molecule has 0 unspecified atom stereocenters. The number of benzene rings is 2. The van der Waals surface area contributed by atoms with Crippen LogP contribution in [0.5, 0.6) is 5.75 Å². The molecule has 2 aromatic carbocycles. The number of carboxylic acids is 1. The lowest BCUT2D eigenvalue weighted by atomic mass is 10.0. The van der Waals surface area contributed by atoms with Gasteiger partial charge in [-0.1, -0.05) is 25.1 Å². The summed E-state index contributed by atoms with van der Waals surface area (Å²) in [5.74, 6) is -0.977. The first-order valence-electron chi connectivity index (χ1n) is 10.0. The molecule has 3 N–H and O–H groups in total. The summed E-state index contributed by atoms with van der Waals surface area (Å²) in [7, 11) is -4.20. The van der Waals surface area contributed by atoms with E-state index in [1.807, 2.05) is 6.92 Å². The molecule has 1 aliphatic carbocycles. The molecule has 2 aliphatic rings. The molecule has 1 aliphatic heterocycles. The smallest absolute Gasteiger partial charge is 0.341 e. The molecule has 0 bridgehead atoms. The minimum Gasteiger partial charge on any atom is -0.492 e. The number of rotatable bonds is 8. The Kier molecular flexibility index (Phi) is 5.72. The quantitative estimate of drug-likeness (QED) is 0.537. The number of ether oxygens (including phenoxy) is 1. The van der Waals surface area contributed by atoms with Crippen LogP contribution in [-0.2, 0) is 10.0 Å². The third-order valence-corrected chi connectivity index (χ3v) is 6.92. The Bertz CT molecular complexity index is 1160.